The van der Waals surface area contributed by atoms with Crippen LogP contribution in [0.1, 0.15) is 102 Å². The highest BCUT2D eigenvalue weighted by atomic mass is 16.6. The zero-order valence-electron chi connectivity index (χ0n) is 24.7. The molecule has 2 aliphatic rings. The van der Waals surface area contributed by atoms with Gasteiger partial charge in [0.15, 0.2) is 0 Å². The van der Waals surface area contributed by atoms with Crippen LogP contribution in [0.25, 0.3) is 11.3 Å². The van der Waals surface area contributed by atoms with E-state index in [1.807, 2.05) is 47.6 Å². The molecular formula is C31H47N5O3. The molecular weight excluding hydrogens is 490 g/mol. The van der Waals surface area contributed by atoms with Crippen molar-refractivity contribution in [3.8, 4) is 11.3 Å². The average molecular weight is 538 g/mol. The summed E-state index contributed by atoms with van der Waals surface area (Å²) in [6.07, 6.45) is 12.9. The lowest BCUT2D eigenvalue weighted by atomic mass is 9.66. The van der Waals surface area contributed by atoms with E-state index >= 15 is 0 Å². The van der Waals surface area contributed by atoms with Crippen molar-refractivity contribution in [2.24, 2.45) is 17.8 Å². The molecule has 4 rings (SSSR count). The number of carbonyl (C=O) groups excluding carboxylic acids is 2. The van der Waals surface area contributed by atoms with Gasteiger partial charge in [0.05, 0.1) is 23.3 Å². The molecule has 2 amide bonds. The summed E-state index contributed by atoms with van der Waals surface area (Å²) in [7, 11) is 0. The molecule has 1 unspecified atom stereocenters. The van der Waals surface area contributed by atoms with Crippen molar-refractivity contribution >= 4 is 17.7 Å². The van der Waals surface area contributed by atoms with Gasteiger partial charge in [-0.05, 0) is 70.9 Å². The van der Waals surface area contributed by atoms with Gasteiger partial charge in [0.2, 0.25) is 5.91 Å². The van der Waals surface area contributed by atoms with E-state index in [2.05, 4.69) is 20.8 Å². The molecule has 8 heteroatoms. The topological polar surface area (TPSA) is 109 Å². The number of nitrogens with one attached hydrogen (secondary N) is 3. The molecule has 0 aliphatic heterocycles. The number of aromatic amines is 1. The molecule has 0 bridgehead atoms. The zero-order chi connectivity index (χ0) is 28.2. The summed E-state index contributed by atoms with van der Waals surface area (Å²) in [6, 6.07) is 1.29. The van der Waals surface area contributed by atoms with Gasteiger partial charge in [-0.3, -0.25) is 14.9 Å². The van der Waals surface area contributed by atoms with Gasteiger partial charge in [0, 0.05) is 11.3 Å². The molecule has 0 spiro atoms. The molecule has 2 aromatic rings. The number of anilines is 1. The predicted octanol–water partition coefficient (Wildman–Crippen LogP) is 7.01. The van der Waals surface area contributed by atoms with Gasteiger partial charge in [-0.1, -0.05) is 64.2 Å². The van der Waals surface area contributed by atoms with Crippen LogP contribution in [0.15, 0.2) is 12.3 Å². The van der Waals surface area contributed by atoms with Gasteiger partial charge in [-0.2, -0.15) is 5.10 Å². The third-order valence-electron chi connectivity index (χ3n) is 8.44. The fraction of sp³-hybridized carbons (Fsp3) is 0.677. The Morgan fingerprint density at radius 3 is 2.05 bits per heavy atom. The SMILES string of the molecule is Cc1cc(NC(=O)C(NC(=O)OC(C)(C)C)C(C2CCCCC2)C2CCCCC2)cnc1-c1c(C)n[nH]c1C. The van der Waals surface area contributed by atoms with E-state index in [-0.39, 0.29) is 11.8 Å². The maximum absolute atomic E-state index is 14.0. The van der Waals surface area contributed by atoms with Crippen molar-refractivity contribution in [2.45, 2.75) is 117 Å². The number of pyridine rings is 1. The molecule has 2 heterocycles. The predicted molar refractivity (Wildman–Crippen MR) is 154 cm³/mol. The van der Waals surface area contributed by atoms with Crippen LogP contribution >= 0.6 is 0 Å². The number of amides is 2. The van der Waals surface area contributed by atoms with Crippen molar-refractivity contribution < 1.29 is 14.3 Å². The Morgan fingerprint density at radius 1 is 0.974 bits per heavy atom. The second-order valence-corrected chi connectivity index (χ2v) is 12.7. The quantitative estimate of drug-likeness (QED) is 0.352. The van der Waals surface area contributed by atoms with Crippen LogP contribution in [0, 0.1) is 38.5 Å². The fourth-order valence-corrected chi connectivity index (χ4v) is 6.76. The van der Waals surface area contributed by atoms with Gasteiger partial charge < -0.3 is 15.4 Å². The minimum absolute atomic E-state index is 0.0858. The van der Waals surface area contributed by atoms with E-state index < -0.39 is 17.7 Å². The Bertz CT molecular complexity index is 1100. The number of aromatic nitrogens is 3. The largest absolute Gasteiger partial charge is 0.444 e. The van der Waals surface area contributed by atoms with Crippen LogP contribution < -0.4 is 10.6 Å². The first-order valence-corrected chi connectivity index (χ1v) is 14.8. The highest BCUT2D eigenvalue weighted by Crippen LogP contribution is 2.42. The molecule has 2 fully saturated rings. The number of carbonyl (C=O) groups is 2. The van der Waals surface area contributed by atoms with Crippen LogP contribution in [-0.2, 0) is 9.53 Å². The van der Waals surface area contributed by atoms with Crippen molar-refractivity contribution in [1.29, 1.82) is 0 Å². The van der Waals surface area contributed by atoms with Crippen LogP contribution in [0.4, 0.5) is 10.5 Å². The number of nitrogens with zero attached hydrogens (tertiary/aromatic N) is 2. The summed E-state index contributed by atoms with van der Waals surface area (Å²) in [5, 5.41) is 13.5. The maximum Gasteiger partial charge on any atom is 0.408 e. The number of hydrogen-bond donors (Lipinski definition) is 3. The second kappa shape index (κ2) is 12.5. The first kappa shape index (κ1) is 29.1. The summed E-state index contributed by atoms with van der Waals surface area (Å²) >= 11 is 0. The highest BCUT2D eigenvalue weighted by molar-refractivity contribution is 5.97. The molecule has 39 heavy (non-hydrogen) atoms. The minimum Gasteiger partial charge on any atom is -0.444 e. The molecule has 1 atom stereocenters. The highest BCUT2D eigenvalue weighted by Gasteiger charge is 2.41. The third kappa shape index (κ3) is 7.40. The Labute approximate surface area is 233 Å². The van der Waals surface area contributed by atoms with E-state index in [0.717, 1.165) is 53.9 Å². The molecule has 0 aromatic carbocycles. The summed E-state index contributed by atoms with van der Waals surface area (Å²) < 4.78 is 5.64. The fourth-order valence-electron chi connectivity index (χ4n) is 6.76. The van der Waals surface area contributed by atoms with Crippen LogP contribution in [-0.4, -0.2) is 38.8 Å². The summed E-state index contributed by atoms with van der Waals surface area (Å²) in [4.78, 5) is 31.8. The Morgan fingerprint density at radius 2 is 1.56 bits per heavy atom. The second-order valence-electron chi connectivity index (χ2n) is 12.7. The normalized spacial score (nSPS) is 18.1. The van der Waals surface area contributed by atoms with Gasteiger partial charge in [-0.25, -0.2) is 4.79 Å². The van der Waals surface area contributed by atoms with Crippen LogP contribution in [0.2, 0.25) is 0 Å². The molecule has 3 N–H and O–H groups in total. The number of H-pyrrole nitrogens is 1. The lowest BCUT2D eigenvalue weighted by Crippen LogP contribution is -2.54. The molecule has 2 aliphatic carbocycles. The van der Waals surface area contributed by atoms with Gasteiger partial charge in [0.1, 0.15) is 11.6 Å². The van der Waals surface area contributed by atoms with Gasteiger partial charge in [-0.15, -0.1) is 0 Å². The monoisotopic (exact) mass is 537 g/mol. The molecule has 0 saturated heterocycles. The molecule has 8 nitrogen and oxygen atoms in total. The maximum atomic E-state index is 14.0. The van der Waals surface area contributed by atoms with Crippen molar-refractivity contribution in [3.05, 3.63) is 29.2 Å². The van der Waals surface area contributed by atoms with Crippen molar-refractivity contribution in [1.82, 2.24) is 20.5 Å². The first-order valence-electron chi connectivity index (χ1n) is 14.8. The van der Waals surface area contributed by atoms with Crippen LogP contribution in [0.3, 0.4) is 0 Å². The molecule has 214 valence electrons. The van der Waals surface area contributed by atoms with Crippen molar-refractivity contribution in [3.63, 3.8) is 0 Å². The van der Waals surface area contributed by atoms with Crippen LogP contribution in [0.5, 0.6) is 0 Å². The van der Waals surface area contributed by atoms with Gasteiger partial charge >= 0.3 is 6.09 Å². The Hall–Kier alpha value is -2.90. The lowest BCUT2D eigenvalue weighted by molar-refractivity contribution is -0.121. The van der Waals surface area contributed by atoms with E-state index in [9.17, 15) is 9.59 Å². The molecule has 2 aromatic heterocycles. The average Bonchev–Trinajstić information content (AvgIpc) is 3.21. The summed E-state index contributed by atoms with van der Waals surface area (Å²) in [6.45, 7) is 11.5. The molecule has 2 saturated carbocycles. The number of alkyl carbamates (subject to hydrolysis) is 1. The zero-order valence-corrected chi connectivity index (χ0v) is 24.7. The third-order valence-corrected chi connectivity index (χ3v) is 8.44. The number of ether oxygens (including phenoxy) is 1. The van der Waals surface area contributed by atoms with E-state index in [0.29, 0.717) is 17.5 Å². The number of rotatable bonds is 7. The van der Waals surface area contributed by atoms with E-state index in [1.54, 1.807) is 6.20 Å². The van der Waals surface area contributed by atoms with Gasteiger partial charge in [0.25, 0.3) is 0 Å². The minimum atomic E-state index is -0.663. The first-order chi connectivity index (χ1) is 18.5. The molecule has 0 radical (unpaired) electrons. The standard InChI is InChI=1S/C31H47N5O3/c1-19-17-24(18-32-27(19)25-20(2)35-36-21(25)3)33-29(37)28(34-30(38)39-31(4,5)6)26(22-13-9-7-10-14-22)23-15-11-8-12-16-23/h17-18,22-23,26,28H,7-16H2,1-6H3,(H,33,37)(H,34,38)(H,35,36). The smallest absolute Gasteiger partial charge is 0.408 e. The Balaban J connectivity index is 1.62. The summed E-state index contributed by atoms with van der Waals surface area (Å²) in [5.74, 6) is 0.734. The lowest BCUT2D eigenvalue weighted by Gasteiger charge is -2.42. The van der Waals surface area contributed by atoms with E-state index in [1.165, 1.54) is 38.5 Å². The number of aryl methyl sites for hydroxylation is 3. The Kier molecular flexibility index (Phi) is 9.34. The van der Waals surface area contributed by atoms with Crippen molar-refractivity contribution in [2.75, 3.05) is 5.32 Å². The summed E-state index contributed by atoms with van der Waals surface area (Å²) in [5.41, 5.74) is 4.63. The van der Waals surface area contributed by atoms with E-state index in [4.69, 9.17) is 9.72 Å². The number of hydrogen-bond acceptors (Lipinski definition) is 5.